The number of rotatable bonds is 3. The molecule has 2 fully saturated rings. The van der Waals surface area contributed by atoms with Gasteiger partial charge in [-0.05, 0) is 84.9 Å². The summed E-state index contributed by atoms with van der Waals surface area (Å²) in [6.07, 6.45) is 12.4. The van der Waals surface area contributed by atoms with Gasteiger partial charge in [-0.25, -0.2) is 0 Å². The number of carbonyl (C=O) groups is 1. The number of fused-ring (bicyclic) bond motifs is 5. The van der Waals surface area contributed by atoms with Gasteiger partial charge in [0.05, 0.1) is 6.10 Å². The predicted octanol–water partition coefficient (Wildman–Crippen LogP) is 6.49. The zero-order chi connectivity index (χ0) is 21.4. The first-order chi connectivity index (χ1) is 13.4. The van der Waals surface area contributed by atoms with E-state index in [1.807, 2.05) is 0 Å². The Morgan fingerprint density at radius 3 is 2.45 bits per heavy atom. The molecule has 4 rings (SSSR count). The monoisotopic (exact) mass is 398 g/mol. The van der Waals surface area contributed by atoms with Crippen LogP contribution in [0.3, 0.4) is 0 Å². The molecule has 7 unspecified atom stereocenters. The first kappa shape index (κ1) is 21.3. The van der Waals surface area contributed by atoms with Crippen LogP contribution < -0.4 is 0 Å². The molecule has 2 heteroatoms. The molecule has 0 spiro atoms. The van der Waals surface area contributed by atoms with E-state index in [1.54, 1.807) is 12.5 Å². The number of allylic oxidation sites excluding steroid dienone is 4. The van der Waals surface area contributed by atoms with Crippen LogP contribution in [0.5, 0.6) is 0 Å². The van der Waals surface area contributed by atoms with Crippen LogP contribution in [0.25, 0.3) is 0 Å². The van der Waals surface area contributed by atoms with Crippen molar-refractivity contribution >= 4 is 5.78 Å². The molecule has 4 aliphatic rings. The molecule has 0 heterocycles. The first-order valence-corrected chi connectivity index (χ1v) is 12.0. The third-order valence-corrected chi connectivity index (χ3v) is 10.5. The largest absolute Gasteiger partial charge is 0.393 e. The van der Waals surface area contributed by atoms with Gasteiger partial charge in [-0.1, -0.05) is 64.8 Å². The van der Waals surface area contributed by atoms with Gasteiger partial charge in [0.1, 0.15) is 5.78 Å². The molecule has 2 saturated carbocycles. The van der Waals surface area contributed by atoms with Crippen LogP contribution in [0, 0.1) is 39.4 Å². The molecule has 0 aliphatic heterocycles. The maximum absolute atomic E-state index is 11.8. The average Bonchev–Trinajstić information content (AvgIpc) is 2.90. The fourth-order valence-corrected chi connectivity index (χ4v) is 8.58. The first-order valence-electron chi connectivity index (χ1n) is 12.0. The third-order valence-electron chi connectivity index (χ3n) is 10.5. The molecule has 0 aromatic heterocycles. The molecule has 0 bridgehead atoms. The predicted molar refractivity (Wildman–Crippen MR) is 119 cm³/mol. The Balaban J connectivity index is 1.71. The Morgan fingerprint density at radius 1 is 1.10 bits per heavy atom. The Bertz CT molecular complexity index is 773. The van der Waals surface area contributed by atoms with Gasteiger partial charge in [-0.15, -0.1) is 0 Å². The number of carbonyl (C=O) groups excluding carboxylic acids is 1. The fourth-order valence-electron chi connectivity index (χ4n) is 8.58. The molecule has 1 N–H and O–H groups in total. The van der Waals surface area contributed by atoms with E-state index in [2.05, 4.69) is 53.7 Å². The van der Waals surface area contributed by atoms with Crippen LogP contribution in [0.4, 0.5) is 0 Å². The highest BCUT2D eigenvalue weighted by Gasteiger charge is 2.63. The van der Waals surface area contributed by atoms with Crippen LogP contribution in [0.1, 0.15) is 93.4 Å². The number of hydrogen-bond acceptors (Lipinski definition) is 2. The van der Waals surface area contributed by atoms with Crippen molar-refractivity contribution in [3.63, 3.8) is 0 Å². The highest BCUT2D eigenvalue weighted by atomic mass is 16.3. The van der Waals surface area contributed by atoms with Crippen molar-refractivity contribution in [2.45, 2.75) is 99.5 Å². The minimum atomic E-state index is -0.172. The summed E-state index contributed by atoms with van der Waals surface area (Å²) in [5.41, 5.74) is 3.90. The fraction of sp³-hybridized carbons (Fsp3) is 0.815. The lowest BCUT2D eigenvalue weighted by Gasteiger charge is -2.64. The van der Waals surface area contributed by atoms with E-state index in [-0.39, 0.29) is 27.8 Å². The second kappa shape index (κ2) is 6.55. The molecule has 4 aliphatic carbocycles. The summed E-state index contributed by atoms with van der Waals surface area (Å²) >= 11 is 0. The molecule has 29 heavy (non-hydrogen) atoms. The van der Waals surface area contributed by atoms with Gasteiger partial charge in [0, 0.05) is 6.42 Å². The number of aliphatic hydroxyl groups is 1. The van der Waals surface area contributed by atoms with Gasteiger partial charge < -0.3 is 9.90 Å². The molecular formula is C27H42O2. The molecular weight excluding hydrogens is 356 g/mol. The normalized spacial score (nSPS) is 46.7. The van der Waals surface area contributed by atoms with Crippen molar-refractivity contribution < 1.29 is 9.90 Å². The number of hydrogen-bond donors (Lipinski definition) is 1. The summed E-state index contributed by atoms with van der Waals surface area (Å²) < 4.78 is 0. The zero-order valence-corrected chi connectivity index (χ0v) is 19.8. The van der Waals surface area contributed by atoms with E-state index in [4.69, 9.17) is 0 Å². The summed E-state index contributed by atoms with van der Waals surface area (Å²) in [6.45, 7) is 16.1. The summed E-state index contributed by atoms with van der Waals surface area (Å²) in [4.78, 5) is 11.8. The Labute approximate surface area is 178 Å². The van der Waals surface area contributed by atoms with E-state index < -0.39 is 0 Å². The number of Topliss-reactive ketones (excluding diaryl/α,β-unsaturated/α-hetero) is 1. The smallest absolute Gasteiger partial charge is 0.130 e. The standard InChI is InChI=1S/C27H42O2/c1-17(16-18(2)28)19-10-14-27(7)21-8-9-22-24(3,4)23(29)12-13-25(22,5)20(21)11-15-26(19,27)6/h10-11,17,21-23,29H,8-9,12-16H2,1-7H3. The number of ketones is 1. The number of aliphatic hydroxyl groups excluding tert-OH is 1. The highest BCUT2D eigenvalue weighted by Crippen LogP contribution is 2.71. The van der Waals surface area contributed by atoms with Crippen molar-refractivity contribution in [3.05, 3.63) is 23.3 Å². The molecule has 0 aromatic rings. The van der Waals surface area contributed by atoms with Crippen molar-refractivity contribution in [2.75, 3.05) is 0 Å². The SMILES string of the molecule is CC(=O)CC(C)C1=CCC2(C)C3CCC4C(C)(CCC(O)C4(C)C)C3=CCC12C. The van der Waals surface area contributed by atoms with Crippen LogP contribution in [0.2, 0.25) is 0 Å². The molecule has 7 atom stereocenters. The topological polar surface area (TPSA) is 37.3 Å². The summed E-state index contributed by atoms with van der Waals surface area (Å²) in [6, 6.07) is 0. The molecule has 0 aromatic carbocycles. The summed E-state index contributed by atoms with van der Waals surface area (Å²) in [5.74, 6) is 1.86. The van der Waals surface area contributed by atoms with Gasteiger partial charge >= 0.3 is 0 Å². The lowest BCUT2D eigenvalue weighted by atomic mass is 9.41. The minimum absolute atomic E-state index is 0.00441. The lowest BCUT2D eigenvalue weighted by molar-refractivity contribution is -0.118. The molecule has 0 radical (unpaired) electrons. The van der Waals surface area contributed by atoms with Gasteiger partial charge in [0.15, 0.2) is 0 Å². The van der Waals surface area contributed by atoms with E-state index >= 15 is 0 Å². The van der Waals surface area contributed by atoms with E-state index in [9.17, 15) is 9.90 Å². The molecule has 162 valence electrons. The molecule has 2 nitrogen and oxygen atoms in total. The second-order valence-electron chi connectivity index (χ2n) is 12.3. The van der Waals surface area contributed by atoms with Crippen molar-refractivity contribution in [1.29, 1.82) is 0 Å². The van der Waals surface area contributed by atoms with Gasteiger partial charge in [-0.3, -0.25) is 0 Å². The highest BCUT2D eigenvalue weighted by molar-refractivity contribution is 5.76. The van der Waals surface area contributed by atoms with Crippen LogP contribution >= 0.6 is 0 Å². The summed E-state index contributed by atoms with van der Waals surface area (Å²) in [7, 11) is 0. The minimum Gasteiger partial charge on any atom is -0.393 e. The van der Waals surface area contributed by atoms with Gasteiger partial charge in [0.25, 0.3) is 0 Å². The maximum atomic E-state index is 11.8. The Morgan fingerprint density at radius 2 is 1.79 bits per heavy atom. The van der Waals surface area contributed by atoms with Crippen molar-refractivity contribution in [1.82, 2.24) is 0 Å². The van der Waals surface area contributed by atoms with E-state index in [1.165, 1.54) is 18.4 Å². The quantitative estimate of drug-likeness (QED) is 0.552. The zero-order valence-electron chi connectivity index (χ0n) is 19.8. The second-order valence-corrected chi connectivity index (χ2v) is 12.3. The van der Waals surface area contributed by atoms with E-state index in [0.29, 0.717) is 30.0 Å². The van der Waals surface area contributed by atoms with Crippen molar-refractivity contribution in [2.24, 2.45) is 39.4 Å². The van der Waals surface area contributed by atoms with Gasteiger partial charge in [-0.2, -0.15) is 0 Å². The van der Waals surface area contributed by atoms with E-state index in [0.717, 1.165) is 25.7 Å². The van der Waals surface area contributed by atoms with Crippen LogP contribution in [-0.2, 0) is 4.79 Å². The molecule has 0 saturated heterocycles. The van der Waals surface area contributed by atoms with Gasteiger partial charge in [0.2, 0.25) is 0 Å². The van der Waals surface area contributed by atoms with Crippen molar-refractivity contribution in [3.8, 4) is 0 Å². The van der Waals surface area contributed by atoms with Crippen LogP contribution in [-0.4, -0.2) is 17.0 Å². The third kappa shape index (κ3) is 2.73. The average molecular weight is 399 g/mol. The summed E-state index contributed by atoms with van der Waals surface area (Å²) in [5, 5.41) is 10.7. The maximum Gasteiger partial charge on any atom is 0.130 e. The Hall–Kier alpha value is -0.890. The Kier molecular flexibility index (Phi) is 4.82. The van der Waals surface area contributed by atoms with Crippen LogP contribution in [0.15, 0.2) is 23.3 Å². The lowest BCUT2D eigenvalue weighted by Crippen LogP contribution is -2.57. The molecule has 0 amide bonds.